The van der Waals surface area contributed by atoms with E-state index in [1.165, 1.54) is 29.1 Å². The number of hydrogen-bond acceptors (Lipinski definition) is 5. The van der Waals surface area contributed by atoms with Crippen molar-refractivity contribution in [3.8, 4) is 11.3 Å². The van der Waals surface area contributed by atoms with Gasteiger partial charge in [0, 0.05) is 24.2 Å². The Kier molecular flexibility index (Phi) is 5.09. The van der Waals surface area contributed by atoms with Gasteiger partial charge in [0.25, 0.3) is 11.3 Å². The van der Waals surface area contributed by atoms with Crippen molar-refractivity contribution in [2.75, 3.05) is 5.32 Å². The van der Waals surface area contributed by atoms with E-state index in [-0.39, 0.29) is 30.0 Å². The highest BCUT2D eigenvalue weighted by molar-refractivity contribution is 6.33. The van der Waals surface area contributed by atoms with Crippen LogP contribution < -0.4 is 10.9 Å². The Hall–Kier alpha value is -3.52. The van der Waals surface area contributed by atoms with E-state index in [9.17, 15) is 14.0 Å². The SMILES string of the molecule is O=C(CCn1cnc2onc(-c3ccccc3Cl)c2c1=O)Nc1cccc(F)c1. The van der Waals surface area contributed by atoms with E-state index < -0.39 is 11.4 Å². The third-order valence-electron chi connectivity index (χ3n) is 4.28. The predicted molar refractivity (Wildman–Crippen MR) is 106 cm³/mol. The fourth-order valence-corrected chi connectivity index (χ4v) is 3.11. The van der Waals surface area contributed by atoms with Gasteiger partial charge in [0.15, 0.2) is 0 Å². The molecule has 1 amide bonds. The number of hydrogen-bond donors (Lipinski definition) is 1. The van der Waals surface area contributed by atoms with E-state index in [1.807, 2.05) is 0 Å². The Morgan fingerprint density at radius 1 is 1.21 bits per heavy atom. The highest BCUT2D eigenvalue weighted by Crippen LogP contribution is 2.30. The van der Waals surface area contributed by atoms with E-state index in [4.69, 9.17) is 16.1 Å². The second kappa shape index (κ2) is 7.84. The molecule has 4 rings (SSSR count). The first-order valence-electron chi connectivity index (χ1n) is 8.68. The highest BCUT2D eigenvalue weighted by atomic mass is 35.5. The van der Waals surface area contributed by atoms with Gasteiger partial charge in [-0.05, 0) is 24.3 Å². The van der Waals surface area contributed by atoms with Gasteiger partial charge < -0.3 is 9.84 Å². The molecule has 4 aromatic rings. The lowest BCUT2D eigenvalue weighted by molar-refractivity contribution is -0.116. The first kappa shape index (κ1) is 18.8. The van der Waals surface area contributed by atoms with Gasteiger partial charge in [0.1, 0.15) is 23.2 Å². The molecule has 2 aromatic carbocycles. The maximum atomic E-state index is 13.2. The van der Waals surface area contributed by atoms with Crippen LogP contribution >= 0.6 is 11.6 Å². The molecule has 0 aliphatic carbocycles. The summed E-state index contributed by atoms with van der Waals surface area (Å²) >= 11 is 6.21. The van der Waals surface area contributed by atoms with Crippen molar-refractivity contribution < 1.29 is 13.7 Å². The standard InChI is InChI=1S/C20H14ClFN4O3/c21-15-7-2-1-6-14(15)18-17-19(29-25-18)23-11-26(20(17)28)9-8-16(27)24-13-5-3-4-12(22)10-13/h1-7,10-11H,8-9H2,(H,24,27). The lowest BCUT2D eigenvalue weighted by atomic mass is 10.1. The van der Waals surface area contributed by atoms with Gasteiger partial charge >= 0.3 is 0 Å². The van der Waals surface area contributed by atoms with Crippen LogP contribution in [-0.4, -0.2) is 20.6 Å². The van der Waals surface area contributed by atoms with Crippen molar-refractivity contribution >= 4 is 34.3 Å². The Morgan fingerprint density at radius 2 is 2.03 bits per heavy atom. The van der Waals surface area contributed by atoms with Crippen molar-refractivity contribution in [1.82, 2.24) is 14.7 Å². The third-order valence-corrected chi connectivity index (χ3v) is 4.61. The number of carbonyl (C=O) groups excluding carboxylic acids is 1. The summed E-state index contributed by atoms with van der Waals surface area (Å²) < 4.78 is 19.7. The first-order chi connectivity index (χ1) is 14.0. The Labute approximate surface area is 168 Å². The molecule has 0 bridgehead atoms. The largest absolute Gasteiger partial charge is 0.335 e. The van der Waals surface area contributed by atoms with Gasteiger partial charge in [0.2, 0.25) is 5.91 Å². The normalized spacial score (nSPS) is 11.0. The first-order valence-corrected chi connectivity index (χ1v) is 9.06. The van der Waals surface area contributed by atoms with Crippen LogP contribution in [0, 0.1) is 5.82 Å². The van der Waals surface area contributed by atoms with Crippen LogP contribution in [-0.2, 0) is 11.3 Å². The number of aromatic nitrogens is 3. The van der Waals surface area contributed by atoms with Gasteiger partial charge in [-0.15, -0.1) is 0 Å². The molecule has 0 fully saturated rings. The third kappa shape index (κ3) is 3.88. The van der Waals surface area contributed by atoms with Crippen LogP contribution in [0.5, 0.6) is 0 Å². The zero-order valence-electron chi connectivity index (χ0n) is 14.9. The molecule has 7 nitrogen and oxygen atoms in total. The summed E-state index contributed by atoms with van der Waals surface area (Å²) in [6, 6.07) is 12.5. The number of nitrogens with one attached hydrogen (secondary N) is 1. The summed E-state index contributed by atoms with van der Waals surface area (Å²) in [6.45, 7) is 0.0794. The van der Waals surface area contributed by atoms with Crippen molar-refractivity contribution in [1.29, 1.82) is 0 Å². The lowest BCUT2D eigenvalue weighted by Crippen LogP contribution is -2.23. The summed E-state index contributed by atoms with van der Waals surface area (Å²) in [5.41, 5.74) is 0.876. The van der Waals surface area contributed by atoms with Crippen molar-refractivity contribution in [3.05, 3.63) is 76.1 Å². The van der Waals surface area contributed by atoms with E-state index in [0.717, 1.165) is 0 Å². The van der Waals surface area contributed by atoms with Crippen LogP contribution in [0.2, 0.25) is 5.02 Å². The molecule has 0 unspecified atom stereocenters. The Balaban J connectivity index is 1.58. The lowest BCUT2D eigenvalue weighted by Gasteiger charge is -2.07. The number of amides is 1. The number of nitrogens with zero attached hydrogens (tertiary/aromatic N) is 3. The average molecular weight is 413 g/mol. The predicted octanol–water partition coefficient (Wildman–Crippen LogP) is 3.87. The Morgan fingerprint density at radius 3 is 2.83 bits per heavy atom. The molecule has 2 aromatic heterocycles. The van der Waals surface area contributed by atoms with Gasteiger partial charge in [-0.25, -0.2) is 9.37 Å². The van der Waals surface area contributed by atoms with Gasteiger partial charge in [-0.2, -0.15) is 0 Å². The minimum atomic E-state index is -0.451. The number of aryl methyl sites for hydroxylation is 1. The number of benzene rings is 2. The van der Waals surface area contributed by atoms with E-state index in [2.05, 4.69) is 15.5 Å². The van der Waals surface area contributed by atoms with Crippen LogP contribution in [0.1, 0.15) is 6.42 Å². The number of anilines is 1. The van der Waals surface area contributed by atoms with Crippen molar-refractivity contribution in [2.45, 2.75) is 13.0 Å². The van der Waals surface area contributed by atoms with E-state index in [0.29, 0.717) is 22.0 Å². The number of carbonyl (C=O) groups is 1. The maximum Gasteiger partial charge on any atom is 0.266 e. The van der Waals surface area contributed by atoms with Gasteiger partial charge in [0.05, 0.1) is 5.02 Å². The molecule has 2 heterocycles. The molecule has 29 heavy (non-hydrogen) atoms. The van der Waals surface area contributed by atoms with Gasteiger partial charge in [-0.1, -0.05) is 41.0 Å². The monoisotopic (exact) mass is 412 g/mol. The van der Waals surface area contributed by atoms with Crippen molar-refractivity contribution in [2.24, 2.45) is 0 Å². The molecule has 0 spiro atoms. The van der Waals surface area contributed by atoms with Crippen LogP contribution in [0.25, 0.3) is 22.4 Å². The minimum Gasteiger partial charge on any atom is -0.335 e. The number of fused-ring (bicyclic) bond motifs is 1. The summed E-state index contributed by atoms with van der Waals surface area (Å²) in [4.78, 5) is 29.1. The number of halogens is 2. The fraction of sp³-hybridized carbons (Fsp3) is 0.100. The Bertz CT molecular complexity index is 1270. The van der Waals surface area contributed by atoms with Crippen LogP contribution in [0.3, 0.4) is 0 Å². The van der Waals surface area contributed by atoms with Crippen LogP contribution in [0.4, 0.5) is 10.1 Å². The van der Waals surface area contributed by atoms with Gasteiger partial charge in [-0.3, -0.25) is 14.2 Å². The number of rotatable bonds is 5. The molecule has 0 aliphatic rings. The second-order valence-electron chi connectivity index (χ2n) is 6.24. The minimum absolute atomic E-state index is 0.00366. The molecule has 9 heteroatoms. The van der Waals surface area contributed by atoms with Crippen molar-refractivity contribution in [3.63, 3.8) is 0 Å². The summed E-state index contributed by atoms with van der Waals surface area (Å²) in [6.07, 6.45) is 1.29. The van der Waals surface area contributed by atoms with E-state index >= 15 is 0 Å². The maximum absolute atomic E-state index is 13.2. The molecule has 0 aliphatic heterocycles. The molecular weight excluding hydrogens is 399 g/mol. The summed E-state index contributed by atoms with van der Waals surface area (Å²) in [7, 11) is 0. The zero-order valence-corrected chi connectivity index (χ0v) is 15.7. The summed E-state index contributed by atoms with van der Waals surface area (Å²) in [5, 5.41) is 7.13. The topological polar surface area (TPSA) is 90.0 Å². The highest BCUT2D eigenvalue weighted by Gasteiger charge is 2.19. The molecular formula is C20H14ClFN4O3. The molecule has 0 saturated carbocycles. The van der Waals surface area contributed by atoms with Crippen LogP contribution in [0.15, 0.2) is 64.2 Å². The average Bonchev–Trinajstić information content (AvgIpc) is 3.12. The molecule has 0 radical (unpaired) electrons. The smallest absolute Gasteiger partial charge is 0.266 e. The molecule has 0 atom stereocenters. The zero-order chi connectivity index (χ0) is 20.4. The molecule has 0 saturated heterocycles. The molecule has 1 N–H and O–H groups in total. The quantitative estimate of drug-likeness (QED) is 0.537. The molecule has 146 valence electrons. The summed E-state index contributed by atoms with van der Waals surface area (Å²) in [5.74, 6) is -0.813. The second-order valence-corrected chi connectivity index (χ2v) is 6.65. The fourth-order valence-electron chi connectivity index (χ4n) is 2.89. The van der Waals surface area contributed by atoms with E-state index in [1.54, 1.807) is 30.3 Å².